The number of benzene rings is 1. The highest BCUT2D eigenvalue weighted by molar-refractivity contribution is 5.97. The van der Waals surface area contributed by atoms with E-state index in [9.17, 15) is 9.59 Å². The number of esters is 2. The highest BCUT2D eigenvalue weighted by atomic mass is 16.7. The van der Waals surface area contributed by atoms with Crippen LogP contribution in [0.1, 0.15) is 24.5 Å². The molecule has 5 heteroatoms. The van der Waals surface area contributed by atoms with Crippen LogP contribution in [0.4, 0.5) is 0 Å². The summed E-state index contributed by atoms with van der Waals surface area (Å²) in [4.78, 5) is 22.9. The van der Waals surface area contributed by atoms with E-state index in [1.54, 1.807) is 19.1 Å². The minimum Gasteiger partial charge on any atom is -0.454 e. The van der Waals surface area contributed by atoms with Crippen molar-refractivity contribution in [2.24, 2.45) is 0 Å². The van der Waals surface area contributed by atoms with E-state index in [0.29, 0.717) is 11.5 Å². The Morgan fingerprint density at radius 1 is 1.10 bits per heavy atom. The molecule has 3 rings (SSSR count). The Morgan fingerprint density at radius 3 is 2.80 bits per heavy atom. The van der Waals surface area contributed by atoms with Crippen LogP contribution in [0.15, 0.2) is 23.8 Å². The third-order valence-electron chi connectivity index (χ3n) is 3.04. The number of hydrogen-bond donors (Lipinski definition) is 0. The van der Waals surface area contributed by atoms with Crippen LogP contribution in [0, 0.1) is 0 Å². The number of hydrogen-bond acceptors (Lipinski definition) is 5. The standard InChI is InChI=1S/C15H12O5/c1-9-6-11-10(2-4-12-15(11)19-8-18-12)3-5-13(16)20-14(17)7-9/h2-6H,7-8H2,1H3/b5-3+,9-6-. The minimum atomic E-state index is -0.673. The van der Waals surface area contributed by atoms with E-state index in [4.69, 9.17) is 9.47 Å². The zero-order valence-corrected chi connectivity index (χ0v) is 10.8. The monoisotopic (exact) mass is 272 g/mol. The van der Waals surface area contributed by atoms with Crippen LogP contribution < -0.4 is 9.47 Å². The van der Waals surface area contributed by atoms with E-state index in [1.807, 2.05) is 12.1 Å². The average molecular weight is 272 g/mol. The summed E-state index contributed by atoms with van der Waals surface area (Å²) in [6, 6.07) is 3.62. The molecule has 0 aromatic heterocycles. The van der Waals surface area contributed by atoms with Crippen LogP contribution in [0.5, 0.6) is 11.5 Å². The summed E-state index contributed by atoms with van der Waals surface area (Å²) < 4.78 is 15.4. The van der Waals surface area contributed by atoms with Gasteiger partial charge in [-0.25, -0.2) is 4.79 Å². The van der Waals surface area contributed by atoms with Crippen LogP contribution in [-0.4, -0.2) is 18.7 Å². The number of cyclic esters (lactones) is 2. The Labute approximate surface area is 115 Å². The summed E-state index contributed by atoms with van der Waals surface area (Å²) >= 11 is 0. The Kier molecular flexibility index (Phi) is 3.02. The number of carbonyl (C=O) groups excluding carboxylic acids is 2. The van der Waals surface area contributed by atoms with Gasteiger partial charge >= 0.3 is 11.9 Å². The molecule has 102 valence electrons. The highest BCUT2D eigenvalue weighted by Crippen LogP contribution is 2.39. The normalized spacial score (nSPS) is 21.6. The molecule has 20 heavy (non-hydrogen) atoms. The quantitative estimate of drug-likeness (QED) is 0.535. The van der Waals surface area contributed by atoms with Crippen molar-refractivity contribution in [3.8, 4) is 11.5 Å². The van der Waals surface area contributed by atoms with Crippen LogP contribution >= 0.6 is 0 Å². The third kappa shape index (κ3) is 2.30. The number of carbonyl (C=O) groups is 2. The van der Waals surface area contributed by atoms with Gasteiger partial charge in [0.05, 0.1) is 6.42 Å². The summed E-state index contributed by atoms with van der Waals surface area (Å²) in [5.41, 5.74) is 2.39. The molecule has 2 aliphatic heterocycles. The lowest BCUT2D eigenvalue weighted by Crippen LogP contribution is -2.10. The molecule has 2 aliphatic rings. The van der Waals surface area contributed by atoms with Gasteiger partial charge in [-0.05, 0) is 24.6 Å². The lowest BCUT2D eigenvalue weighted by atomic mass is 10.0. The minimum absolute atomic E-state index is 0.0591. The van der Waals surface area contributed by atoms with Crippen LogP contribution in [0.3, 0.4) is 0 Å². The van der Waals surface area contributed by atoms with Gasteiger partial charge in [-0.2, -0.15) is 0 Å². The van der Waals surface area contributed by atoms with Crippen LogP contribution in [-0.2, 0) is 14.3 Å². The Balaban J connectivity index is 2.16. The summed E-state index contributed by atoms with van der Waals surface area (Å²) in [7, 11) is 0. The van der Waals surface area contributed by atoms with Gasteiger partial charge in [0.25, 0.3) is 0 Å². The molecule has 0 radical (unpaired) electrons. The molecule has 0 fully saturated rings. The van der Waals surface area contributed by atoms with Gasteiger partial charge in [0.2, 0.25) is 6.79 Å². The highest BCUT2D eigenvalue weighted by Gasteiger charge is 2.20. The van der Waals surface area contributed by atoms with Gasteiger partial charge in [-0.1, -0.05) is 17.7 Å². The maximum absolute atomic E-state index is 11.5. The topological polar surface area (TPSA) is 61.8 Å². The molecule has 0 aliphatic carbocycles. The summed E-state index contributed by atoms with van der Waals surface area (Å²) in [5, 5.41) is 0. The second-order valence-electron chi connectivity index (χ2n) is 4.60. The zero-order chi connectivity index (χ0) is 14.1. The molecule has 0 unspecified atom stereocenters. The van der Waals surface area contributed by atoms with E-state index >= 15 is 0 Å². The van der Waals surface area contributed by atoms with E-state index in [-0.39, 0.29) is 13.2 Å². The molecule has 0 bridgehead atoms. The van der Waals surface area contributed by atoms with Gasteiger partial charge in [0, 0.05) is 11.6 Å². The van der Waals surface area contributed by atoms with Gasteiger partial charge in [-0.15, -0.1) is 0 Å². The largest absolute Gasteiger partial charge is 0.454 e. The SMILES string of the molecule is C/C1=C/c2c(ccc3c2OCO3)/C=C/C(=O)OC(=O)C1. The van der Waals surface area contributed by atoms with E-state index in [1.165, 1.54) is 6.08 Å². The second kappa shape index (κ2) is 4.85. The van der Waals surface area contributed by atoms with Crippen molar-refractivity contribution in [3.63, 3.8) is 0 Å². The molecular weight excluding hydrogens is 260 g/mol. The summed E-state index contributed by atoms with van der Waals surface area (Å²) in [6.45, 7) is 1.97. The van der Waals surface area contributed by atoms with Crippen molar-refractivity contribution < 1.29 is 23.8 Å². The van der Waals surface area contributed by atoms with Crippen LogP contribution in [0.25, 0.3) is 12.2 Å². The van der Waals surface area contributed by atoms with Crippen molar-refractivity contribution in [2.45, 2.75) is 13.3 Å². The Hall–Kier alpha value is -2.56. The molecule has 0 N–H and O–H groups in total. The van der Waals surface area contributed by atoms with E-state index in [0.717, 1.165) is 16.7 Å². The molecule has 2 heterocycles. The third-order valence-corrected chi connectivity index (χ3v) is 3.04. The fourth-order valence-electron chi connectivity index (χ4n) is 2.17. The van der Waals surface area contributed by atoms with Gasteiger partial charge in [0.1, 0.15) is 0 Å². The fourth-order valence-corrected chi connectivity index (χ4v) is 2.17. The first kappa shape index (κ1) is 12.5. The second-order valence-corrected chi connectivity index (χ2v) is 4.60. The van der Waals surface area contributed by atoms with Gasteiger partial charge in [-0.3, -0.25) is 4.79 Å². The maximum atomic E-state index is 11.5. The number of fused-ring (bicyclic) bond motifs is 3. The van der Waals surface area contributed by atoms with Crippen molar-refractivity contribution in [1.29, 1.82) is 0 Å². The Morgan fingerprint density at radius 2 is 1.95 bits per heavy atom. The average Bonchev–Trinajstić information content (AvgIpc) is 2.85. The lowest BCUT2D eigenvalue weighted by molar-refractivity contribution is -0.155. The van der Waals surface area contributed by atoms with Crippen molar-refractivity contribution in [1.82, 2.24) is 0 Å². The molecule has 0 amide bonds. The Bertz CT molecular complexity index is 654. The predicted molar refractivity (Wildman–Crippen MR) is 71.0 cm³/mol. The smallest absolute Gasteiger partial charge is 0.338 e. The van der Waals surface area contributed by atoms with Gasteiger partial charge in [0.15, 0.2) is 11.5 Å². The van der Waals surface area contributed by atoms with Crippen molar-refractivity contribution >= 4 is 24.1 Å². The molecular formula is C15H12O5. The molecule has 1 aromatic carbocycles. The number of ether oxygens (including phenoxy) is 3. The summed E-state index contributed by atoms with van der Waals surface area (Å²) in [6.07, 6.45) is 4.74. The van der Waals surface area contributed by atoms with Crippen molar-refractivity contribution in [2.75, 3.05) is 6.79 Å². The molecule has 0 spiro atoms. The molecule has 0 atom stereocenters. The molecule has 5 nitrogen and oxygen atoms in total. The first-order valence-corrected chi connectivity index (χ1v) is 6.16. The van der Waals surface area contributed by atoms with Crippen molar-refractivity contribution in [3.05, 3.63) is 34.9 Å². The predicted octanol–water partition coefficient (Wildman–Crippen LogP) is 2.31. The zero-order valence-electron chi connectivity index (χ0n) is 10.8. The molecule has 0 saturated heterocycles. The maximum Gasteiger partial charge on any atom is 0.338 e. The van der Waals surface area contributed by atoms with Crippen LogP contribution in [0.2, 0.25) is 0 Å². The molecule has 1 aromatic rings. The van der Waals surface area contributed by atoms with E-state index in [2.05, 4.69) is 4.74 Å². The molecule has 0 saturated carbocycles. The fraction of sp³-hybridized carbons (Fsp3) is 0.200. The van der Waals surface area contributed by atoms with Gasteiger partial charge < -0.3 is 14.2 Å². The van der Waals surface area contributed by atoms with E-state index < -0.39 is 11.9 Å². The first-order valence-electron chi connectivity index (χ1n) is 6.16. The summed E-state index contributed by atoms with van der Waals surface area (Å²) in [5.74, 6) is 0.0509. The first-order chi connectivity index (χ1) is 9.63. The lowest BCUT2D eigenvalue weighted by Gasteiger charge is -2.09. The number of rotatable bonds is 0.